The van der Waals surface area contributed by atoms with Crippen LogP contribution in [-0.4, -0.2) is 34.0 Å². The van der Waals surface area contributed by atoms with Crippen LogP contribution < -0.4 is 5.73 Å². The van der Waals surface area contributed by atoms with Crippen LogP contribution >= 0.6 is 15.9 Å². The molecule has 5 nitrogen and oxygen atoms in total. The number of hydrogen-bond donors (Lipinski definition) is 2. The van der Waals surface area contributed by atoms with Crippen molar-refractivity contribution in [2.75, 3.05) is 12.3 Å². The van der Waals surface area contributed by atoms with E-state index in [1.54, 1.807) is 19.1 Å². The highest BCUT2D eigenvalue weighted by Crippen LogP contribution is 2.22. The second-order valence-corrected chi connectivity index (χ2v) is 5.60. The van der Waals surface area contributed by atoms with Crippen molar-refractivity contribution in [3.63, 3.8) is 0 Å². The molecular formula is C13H17BrN2O3. The molecule has 1 aromatic rings. The van der Waals surface area contributed by atoms with E-state index in [1.165, 1.54) is 24.8 Å². The van der Waals surface area contributed by atoms with E-state index < -0.39 is 11.5 Å². The zero-order chi connectivity index (χ0) is 14.8. The SMILES string of the molecule is CCN(C(=O)c1cc(N)cc(Br)c1)C(C)(C)C(=O)O. The number of carbonyl (C=O) groups excluding carboxylic acids is 1. The monoisotopic (exact) mass is 328 g/mol. The molecule has 0 aliphatic heterocycles. The summed E-state index contributed by atoms with van der Waals surface area (Å²) in [4.78, 5) is 25.0. The van der Waals surface area contributed by atoms with Gasteiger partial charge >= 0.3 is 5.97 Å². The van der Waals surface area contributed by atoms with E-state index in [1.807, 2.05) is 0 Å². The molecule has 1 aromatic carbocycles. The van der Waals surface area contributed by atoms with Crippen LogP contribution in [0.25, 0.3) is 0 Å². The van der Waals surface area contributed by atoms with E-state index in [0.29, 0.717) is 22.3 Å². The van der Waals surface area contributed by atoms with Gasteiger partial charge in [-0.2, -0.15) is 0 Å². The molecule has 19 heavy (non-hydrogen) atoms. The van der Waals surface area contributed by atoms with Crippen molar-refractivity contribution in [2.24, 2.45) is 0 Å². The fourth-order valence-electron chi connectivity index (χ4n) is 1.80. The van der Waals surface area contributed by atoms with Gasteiger partial charge in [0.15, 0.2) is 0 Å². The molecule has 104 valence electrons. The normalized spacial score (nSPS) is 11.2. The van der Waals surface area contributed by atoms with Crippen LogP contribution in [0, 0.1) is 0 Å². The van der Waals surface area contributed by atoms with E-state index in [2.05, 4.69) is 15.9 Å². The fraction of sp³-hybridized carbons (Fsp3) is 0.385. The molecule has 1 rings (SSSR count). The van der Waals surface area contributed by atoms with Gasteiger partial charge in [0.1, 0.15) is 5.54 Å². The van der Waals surface area contributed by atoms with Gasteiger partial charge < -0.3 is 15.7 Å². The minimum Gasteiger partial charge on any atom is -0.480 e. The molecule has 0 aromatic heterocycles. The van der Waals surface area contributed by atoms with Gasteiger partial charge in [-0.15, -0.1) is 0 Å². The lowest BCUT2D eigenvalue weighted by Crippen LogP contribution is -2.52. The minimum atomic E-state index is -1.27. The van der Waals surface area contributed by atoms with Crippen LogP contribution in [0.5, 0.6) is 0 Å². The third kappa shape index (κ3) is 3.26. The quantitative estimate of drug-likeness (QED) is 0.831. The number of likely N-dealkylation sites (N-methyl/N-ethyl adjacent to an activating group) is 1. The van der Waals surface area contributed by atoms with E-state index in [0.717, 1.165) is 0 Å². The van der Waals surface area contributed by atoms with E-state index in [9.17, 15) is 14.7 Å². The second-order valence-electron chi connectivity index (χ2n) is 4.69. The Labute approximate surface area is 120 Å². The highest BCUT2D eigenvalue weighted by atomic mass is 79.9. The van der Waals surface area contributed by atoms with Crippen LogP contribution in [0.15, 0.2) is 22.7 Å². The molecule has 6 heteroatoms. The molecule has 0 saturated heterocycles. The molecule has 1 amide bonds. The predicted molar refractivity (Wildman–Crippen MR) is 77.0 cm³/mol. The van der Waals surface area contributed by atoms with Gasteiger partial charge in [-0.1, -0.05) is 15.9 Å². The Morgan fingerprint density at radius 3 is 2.37 bits per heavy atom. The third-order valence-corrected chi connectivity index (χ3v) is 3.38. The number of nitrogens with zero attached hydrogens (tertiary/aromatic N) is 1. The Hall–Kier alpha value is -1.56. The number of carbonyl (C=O) groups is 2. The van der Waals surface area contributed by atoms with Crippen molar-refractivity contribution in [3.05, 3.63) is 28.2 Å². The Morgan fingerprint density at radius 1 is 1.37 bits per heavy atom. The van der Waals surface area contributed by atoms with Crippen LogP contribution in [0.3, 0.4) is 0 Å². The number of rotatable bonds is 4. The molecule has 0 bridgehead atoms. The number of carboxylic acid groups (broad SMARTS) is 1. The molecule has 0 unspecified atom stereocenters. The summed E-state index contributed by atoms with van der Waals surface area (Å²) in [6.07, 6.45) is 0. The van der Waals surface area contributed by atoms with Crippen molar-refractivity contribution in [2.45, 2.75) is 26.3 Å². The zero-order valence-corrected chi connectivity index (χ0v) is 12.7. The Kier molecular flexibility index (Phi) is 4.57. The first-order valence-corrected chi connectivity index (χ1v) is 6.61. The van der Waals surface area contributed by atoms with Gasteiger partial charge in [-0.25, -0.2) is 4.79 Å². The number of benzene rings is 1. The fourth-order valence-corrected chi connectivity index (χ4v) is 2.31. The number of hydrogen-bond acceptors (Lipinski definition) is 3. The predicted octanol–water partition coefficient (Wildman–Crippen LogP) is 2.36. The summed E-state index contributed by atoms with van der Waals surface area (Å²) in [5.74, 6) is -1.41. The van der Waals surface area contributed by atoms with Gasteiger partial charge in [0.05, 0.1) is 0 Å². The van der Waals surface area contributed by atoms with Gasteiger partial charge in [-0.05, 0) is 39.0 Å². The molecule has 0 saturated carbocycles. The Bertz CT molecular complexity index is 494. The molecule has 0 radical (unpaired) electrons. The first-order chi connectivity index (χ1) is 8.70. The summed E-state index contributed by atoms with van der Waals surface area (Å²) < 4.78 is 0.681. The topological polar surface area (TPSA) is 83.6 Å². The summed E-state index contributed by atoms with van der Waals surface area (Å²) in [7, 11) is 0. The largest absolute Gasteiger partial charge is 0.480 e. The highest BCUT2D eigenvalue weighted by molar-refractivity contribution is 9.10. The lowest BCUT2D eigenvalue weighted by molar-refractivity contribution is -0.147. The van der Waals surface area contributed by atoms with Crippen molar-refractivity contribution >= 4 is 33.5 Å². The average Bonchev–Trinajstić information content (AvgIpc) is 2.27. The summed E-state index contributed by atoms with van der Waals surface area (Å²) in [5, 5.41) is 9.22. The third-order valence-electron chi connectivity index (χ3n) is 2.93. The Balaban J connectivity index is 3.19. The van der Waals surface area contributed by atoms with Crippen molar-refractivity contribution < 1.29 is 14.7 Å². The van der Waals surface area contributed by atoms with Crippen LogP contribution in [0.1, 0.15) is 31.1 Å². The molecule has 0 fully saturated rings. The molecule has 0 aliphatic carbocycles. The first kappa shape index (κ1) is 15.5. The van der Waals surface area contributed by atoms with Crippen LogP contribution in [0.2, 0.25) is 0 Å². The molecular weight excluding hydrogens is 312 g/mol. The van der Waals surface area contributed by atoms with Crippen LogP contribution in [0.4, 0.5) is 5.69 Å². The van der Waals surface area contributed by atoms with Crippen molar-refractivity contribution in [3.8, 4) is 0 Å². The van der Waals surface area contributed by atoms with Crippen LogP contribution in [-0.2, 0) is 4.79 Å². The number of nitrogens with two attached hydrogens (primary N) is 1. The summed E-state index contributed by atoms with van der Waals surface area (Å²) in [6.45, 7) is 5.03. The standard InChI is InChI=1S/C13H17BrN2O3/c1-4-16(13(2,3)12(18)19)11(17)8-5-9(14)7-10(15)6-8/h5-7H,4,15H2,1-3H3,(H,18,19). The maximum Gasteiger partial charge on any atom is 0.329 e. The van der Waals surface area contributed by atoms with E-state index >= 15 is 0 Å². The number of amides is 1. The zero-order valence-electron chi connectivity index (χ0n) is 11.1. The van der Waals surface area contributed by atoms with Gasteiger partial charge in [0.25, 0.3) is 5.91 Å². The van der Waals surface area contributed by atoms with Gasteiger partial charge in [0, 0.05) is 22.3 Å². The summed E-state index contributed by atoms with van der Waals surface area (Å²) >= 11 is 3.26. The van der Waals surface area contributed by atoms with E-state index in [-0.39, 0.29) is 5.91 Å². The minimum absolute atomic E-state index is 0.296. The molecule has 0 spiro atoms. The smallest absolute Gasteiger partial charge is 0.329 e. The van der Waals surface area contributed by atoms with Gasteiger partial charge in [0.2, 0.25) is 0 Å². The van der Waals surface area contributed by atoms with Crippen molar-refractivity contribution in [1.29, 1.82) is 0 Å². The molecule has 0 atom stereocenters. The highest BCUT2D eigenvalue weighted by Gasteiger charge is 2.37. The molecule has 0 heterocycles. The lowest BCUT2D eigenvalue weighted by Gasteiger charge is -2.34. The number of nitrogen functional groups attached to an aromatic ring is 1. The maximum atomic E-state index is 12.4. The second kappa shape index (κ2) is 5.61. The van der Waals surface area contributed by atoms with Gasteiger partial charge in [-0.3, -0.25) is 4.79 Å². The average molecular weight is 329 g/mol. The number of aliphatic carboxylic acids is 1. The number of halogens is 1. The number of anilines is 1. The first-order valence-electron chi connectivity index (χ1n) is 5.81. The number of carboxylic acids is 1. The summed E-state index contributed by atoms with van der Waals surface area (Å²) in [5.41, 5.74) is 5.23. The van der Waals surface area contributed by atoms with E-state index in [4.69, 9.17) is 5.73 Å². The maximum absolute atomic E-state index is 12.4. The summed E-state index contributed by atoms with van der Waals surface area (Å²) in [6, 6.07) is 4.84. The molecule has 3 N–H and O–H groups in total. The van der Waals surface area contributed by atoms with Crippen molar-refractivity contribution in [1.82, 2.24) is 4.90 Å². The lowest BCUT2D eigenvalue weighted by atomic mass is 10.0. The Morgan fingerprint density at radius 2 is 1.95 bits per heavy atom. The molecule has 0 aliphatic rings.